The fraction of sp³-hybridized carbons (Fsp3) is 0.250. The number of hydrogen-bond acceptors (Lipinski definition) is 3. The molecule has 1 aromatic carbocycles. The van der Waals surface area contributed by atoms with Crippen LogP contribution in [0.1, 0.15) is 16.8 Å². The third kappa shape index (κ3) is 1.13. The maximum absolute atomic E-state index is 11.8. The van der Waals surface area contributed by atoms with Crippen LogP contribution in [0.2, 0.25) is 0 Å². The molecule has 2 amide bonds. The summed E-state index contributed by atoms with van der Waals surface area (Å²) in [5.74, 6) is -0.462. The first-order valence-electron chi connectivity index (χ1n) is 5.15. The Morgan fingerprint density at radius 1 is 1.19 bits per heavy atom. The number of aldehydes is 1. The van der Waals surface area contributed by atoms with Crippen molar-refractivity contribution in [1.29, 1.82) is 0 Å². The highest BCUT2D eigenvalue weighted by Gasteiger charge is 2.59. The van der Waals surface area contributed by atoms with Gasteiger partial charge in [-0.05, 0) is 18.6 Å². The number of carbonyl (C=O) groups is 3. The summed E-state index contributed by atoms with van der Waals surface area (Å²) in [4.78, 5) is 35.4. The van der Waals surface area contributed by atoms with Crippen molar-refractivity contribution in [1.82, 2.24) is 0 Å². The molecule has 3 rings (SSSR count). The third-order valence-corrected chi connectivity index (χ3v) is 3.13. The van der Waals surface area contributed by atoms with E-state index in [-0.39, 0.29) is 23.7 Å². The molecule has 4 heteroatoms. The molecule has 0 aromatic heterocycles. The van der Waals surface area contributed by atoms with Crippen LogP contribution in [-0.4, -0.2) is 18.1 Å². The van der Waals surface area contributed by atoms with Gasteiger partial charge in [0, 0.05) is 5.56 Å². The summed E-state index contributed by atoms with van der Waals surface area (Å²) in [6, 6.07) is 6.55. The highest BCUT2D eigenvalue weighted by atomic mass is 16.2. The standard InChI is InChI=1S/C12H9NO3/c14-6-7-2-1-3-8(4-7)13-11(15)9-5-10(9)12(13)16/h1-4,6,9-10H,5H2. The molecule has 1 saturated carbocycles. The summed E-state index contributed by atoms with van der Waals surface area (Å²) in [6.07, 6.45) is 1.40. The number of anilines is 1. The molecule has 80 valence electrons. The van der Waals surface area contributed by atoms with Gasteiger partial charge in [0.1, 0.15) is 6.29 Å². The van der Waals surface area contributed by atoms with E-state index < -0.39 is 0 Å². The molecule has 4 nitrogen and oxygen atoms in total. The Morgan fingerprint density at radius 3 is 2.50 bits per heavy atom. The number of benzene rings is 1. The summed E-state index contributed by atoms with van der Waals surface area (Å²) < 4.78 is 0. The van der Waals surface area contributed by atoms with Gasteiger partial charge in [0.2, 0.25) is 11.8 Å². The maximum Gasteiger partial charge on any atom is 0.237 e. The summed E-state index contributed by atoms with van der Waals surface area (Å²) in [7, 11) is 0. The average Bonchev–Trinajstić information content (AvgIpc) is 3.05. The first-order valence-corrected chi connectivity index (χ1v) is 5.15. The fourth-order valence-corrected chi connectivity index (χ4v) is 2.17. The van der Waals surface area contributed by atoms with Crippen molar-refractivity contribution in [3.8, 4) is 0 Å². The average molecular weight is 215 g/mol. The van der Waals surface area contributed by atoms with Crippen LogP contribution in [0.15, 0.2) is 24.3 Å². The predicted molar refractivity (Wildman–Crippen MR) is 55.9 cm³/mol. The quantitative estimate of drug-likeness (QED) is 0.546. The van der Waals surface area contributed by atoms with Crippen LogP contribution in [0.4, 0.5) is 5.69 Å². The number of fused-ring (bicyclic) bond motifs is 1. The van der Waals surface area contributed by atoms with Crippen molar-refractivity contribution >= 4 is 23.8 Å². The van der Waals surface area contributed by atoms with Crippen molar-refractivity contribution in [2.75, 3.05) is 4.90 Å². The molecule has 0 N–H and O–H groups in total. The molecule has 16 heavy (non-hydrogen) atoms. The van der Waals surface area contributed by atoms with E-state index in [1.54, 1.807) is 24.3 Å². The molecule has 0 radical (unpaired) electrons. The Morgan fingerprint density at radius 2 is 1.88 bits per heavy atom. The van der Waals surface area contributed by atoms with Crippen molar-refractivity contribution < 1.29 is 14.4 Å². The summed E-state index contributed by atoms with van der Waals surface area (Å²) in [5.41, 5.74) is 0.977. The molecule has 2 fully saturated rings. The number of hydrogen-bond donors (Lipinski definition) is 0. The number of amides is 2. The van der Waals surface area contributed by atoms with E-state index in [9.17, 15) is 14.4 Å². The van der Waals surface area contributed by atoms with E-state index in [0.717, 1.165) is 0 Å². The van der Waals surface area contributed by atoms with Crippen LogP contribution in [0.5, 0.6) is 0 Å². The zero-order valence-corrected chi connectivity index (χ0v) is 8.42. The van der Waals surface area contributed by atoms with E-state index in [0.29, 0.717) is 24.0 Å². The third-order valence-electron chi connectivity index (χ3n) is 3.13. The second kappa shape index (κ2) is 3.01. The van der Waals surface area contributed by atoms with Gasteiger partial charge in [-0.3, -0.25) is 19.3 Å². The van der Waals surface area contributed by atoms with Gasteiger partial charge in [0.25, 0.3) is 0 Å². The molecular weight excluding hydrogens is 206 g/mol. The van der Waals surface area contributed by atoms with Gasteiger partial charge in [-0.15, -0.1) is 0 Å². The van der Waals surface area contributed by atoms with Crippen molar-refractivity contribution in [3.05, 3.63) is 29.8 Å². The van der Waals surface area contributed by atoms with Gasteiger partial charge >= 0.3 is 0 Å². The first kappa shape index (κ1) is 9.27. The smallest absolute Gasteiger partial charge is 0.237 e. The Balaban J connectivity index is 2.00. The van der Waals surface area contributed by atoms with E-state index in [1.165, 1.54) is 4.90 Å². The molecule has 1 aliphatic carbocycles. The highest BCUT2D eigenvalue weighted by molar-refractivity contribution is 6.24. The largest absolute Gasteiger partial charge is 0.298 e. The van der Waals surface area contributed by atoms with Crippen molar-refractivity contribution in [2.24, 2.45) is 11.8 Å². The minimum absolute atomic E-state index is 0.104. The van der Waals surface area contributed by atoms with E-state index in [2.05, 4.69) is 0 Å². The number of imide groups is 1. The molecule has 2 unspecified atom stereocenters. The Bertz CT molecular complexity index is 489. The zero-order chi connectivity index (χ0) is 11.3. The molecule has 1 aromatic rings. The van der Waals surface area contributed by atoms with Gasteiger partial charge in [-0.2, -0.15) is 0 Å². The van der Waals surface area contributed by atoms with Gasteiger partial charge in [-0.1, -0.05) is 12.1 Å². The van der Waals surface area contributed by atoms with Crippen molar-refractivity contribution in [3.63, 3.8) is 0 Å². The van der Waals surface area contributed by atoms with Crippen LogP contribution in [0, 0.1) is 11.8 Å². The number of piperidine rings is 1. The number of carbonyl (C=O) groups excluding carboxylic acids is 3. The zero-order valence-electron chi connectivity index (χ0n) is 8.42. The van der Waals surface area contributed by atoms with Crippen LogP contribution in [-0.2, 0) is 9.59 Å². The van der Waals surface area contributed by atoms with Crippen molar-refractivity contribution in [2.45, 2.75) is 6.42 Å². The minimum atomic E-state index is -0.127. The number of nitrogens with zero attached hydrogens (tertiary/aromatic N) is 1. The molecule has 0 bridgehead atoms. The topological polar surface area (TPSA) is 54.5 Å². The summed E-state index contributed by atoms with van der Waals surface area (Å²) in [5, 5.41) is 0. The molecule has 2 atom stereocenters. The van der Waals surface area contributed by atoms with Crippen LogP contribution < -0.4 is 4.90 Å². The molecule has 1 saturated heterocycles. The SMILES string of the molecule is O=Cc1cccc(N2C(=O)C3CC3C2=O)c1. The monoisotopic (exact) mass is 215 g/mol. The van der Waals surface area contributed by atoms with Gasteiger partial charge in [-0.25, -0.2) is 0 Å². The molecule has 2 aliphatic rings. The summed E-state index contributed by atoms with van der Waals surface area (Å²) >= 11 is 0. The Hall–Kier alpha value is -1.97. The Kier molecular flexibility index (Phi) is 1.74. The lowest BCUT2D eigenvalue weighted by Crippen LogP contribution is -2.32. The lowest BCUT2D eigenvalue weighted by molar-refractivity contribution is -0.123. The van der Waals surface area contributed by atoms with E-state index in [1.807, 2.05) is 0 Å². The highest BCUT2D eigenvalue weighted by Crippen LogP contribution is 2.48. The fourth-order valence-electron chi connectivity index (χ4n) is 2.17. The van der Waals surface area contributed by atoms with Crippen LogP contribution in [0.3, 0.4) is 0 Å². The van der Waals surface area contributed by atoms with Crippen LogP contribution >= 0.6 is 0 Å². The maximum atomic E-state index is 11.8. The second-order valence-electron chi connectivity index (χ2n) is 4.17. The Labute approximate surface area is 91.9 Å². The first-order chi connectivity index (χ1) is 7.72. The van der Waals surface area contributed by atoms with E-state index in [4.69, 9.17) is 0 Å². The number of rotatable bonds is 2. The molecule has 1 aliphatic heterocycles. The van der Waals surface area contributed by atoms with E-state index >= 15 is 0 Å². The van der Waals surface area contributed by atoms with Gasteiger partial charge in [0.05, 0.1) is 17.5 Å². The summed E-state index contributed by atoms with van der Waals surface area (Å²) in [6.45, 7) is 0. The van der Waals surface area contributed by atoms with Gasteiger partial charge < -0.3 is 0 Å². The van der Waals surface area contributed by atoms with Crippen LogP contribution in [0.25, 0.3) is 0 Å². The predicted octanol–water partition coefficient (Wildman–Crippen LogP) is 1.01. The van der Waals surface area contributed by atoms with Gasteiger partial charge in [0.15, 0.2) is 0 Å². The minimum Gasteiger partial charge on any atom is -0.298 e. The lowest BCUT2D eigenvalue weighted by Gasteiger charge is -2.16. The molecule has 0 spiro atoms. The molecular formula is C12H9NO3. The lowest BCUT2D eigenvalue weighted by atomic mass is 10.2. The normalized spacial score (nSPS) is 26.9. The molecule has 1 heterocycles. The second-order valence-corrected chi connectivity index (χ2v) is 4.17.